The Balaban J connectivity index is 2.23. The number of nitrogens with one attached hydrogen (secondary N) is 1. The molecule has 1 saturated carbocycles. The van der Waals surface area contributed by atoms with E-state index in [1.54, 1.807) is 0 Å². The summed E-state index contributed by atoms with van der Waals surface area (Å²) in [6.07, 6.45) is 2.34. The van der Waals surface area contributed by atoms with Gasteiger partial charge < -0.3 is 10.1 Å². The van der Waals surface area contributed by atoms with Crippen molar-refractivity contribution in [2.24, 2.45) is 5.92 Å². The number of hydrogen-bond donors (Lipinski definition) is 1. The van der Waals surface area contributed by atoms with Crippen molar-refractivity contribution >= 4 is 11.7 Å². The van der Waals surface area contributed by atoms with Gasteiger partial charge in [-0.25, -0.2) is 0 Å². The summed E-state index contributed by atoms with van der Waals surface area (Å²) in [5.41, 5.74) is 0.534. The van der Waals surface area contributed by atoms with E-state index < -0.39 is 0 Å². The minimum Gasteiger partial charge on any atom is -0.469 e. The van der Waals surface area contributed by atoms with E-state index in [2.05, 4.69) is 4.74 Å². The molecule has 1 aliphatic carbocycles. The van der Waals surface area contributed by atoms with Crippen LogP contribution in [0.1, 0.15) is 19.3 Å². The zero-order chi connectivity index (χ0) is 7.56. The van der Waals surface area contributed by atoms with Gasteiger partial charge in [-0.1, -0.05) is 0 Å². The van der Waals surface area contributed by atoms with Gasteiger partial charge in [-0.3, -0.25) is 4.79 Å². The van der Waals surface area contributed by atoms with Crippen molar-refractivity contribution < 1.29 is 9.53 Å². The van der Waals surface area contributed by atoms with Gasteiger partial charge in [-0.15, -0.1) is 0 Å². The minimum absolute atomic E-state index is 0.182. The van der Waals surface area contributed by atoms with Gasteiger partial charge in [0.2, 0.25) is 0 Å². The lowest BCUT2D eigenvalue weighted by atomic mass is 10.2. The lowest BCUT2D eigenvalue weighted by Gasteiger charge is -1.98. The maximum atomic E-state index is 10.6. The lowest BCUT2D eigenvalue weighted by molar-refractivity contribution is -0.139. The van der Waals surface area contributed by atoms with Gasteiger partial charge in [0.25, 0.3) is 0 Å². The van der Waals surface area contributed by atoms with Crippen LogP contribution < -0.4 is 0 Å². The Morgan fingerprint density at radius 2 is 2.30 bits per heavy atom. The largest absolute Gasteiger partial charge is 0.469 e. The lowest BCUT2D eigenvalue weighted by Crippen LogP contribution is -2.09. The first-order chi connectivity index (χ1) is 4.74. The molecule has 0 atom stereocenters. The van der Waals surface area contributed by atoms with Gasteiger partial charge in [0.05, 0.1) is 13.5 Å². The van der Waals surface area contributed by atoms with Gasteiger partial charge in [0.1, 0.15) is 0 Å². The van der Waals surface area contributed by atoms with Gasteiger partial charge in [0.15, 0.2) is 0 Å². The molecule has 0 radical (unpaired) electrons. The summed E-state index contributed by atoms with van der Waals surface area (Å²) in [6, 6.07) is 0. The highest BCUT2D eigenvalue weighted by atomic mass is 16.5. The van der Waals surface area contributed by atoms with Crippen molar-refractivity contribution in [1.82, 2.24) is 0 Å². The molecule has 0 saturated heterocycles. The predicted octanol–water partition coefficient (Wildman–Crippen LogP) is 0.979. The zero-order valence-corrected chi connectivity index (χ0v) is 6.02. The molecule has 0 bridgehead atoms. The highest BCUT2D eigenvalue weighted by Crippen LogP contribution is 2.30. The van der Waals surface area contributed by atoms with Gasteiger partial charge in [0, 0.05) is 5.71 Å². The Bertz CT molecular complexity index is 161. The van der Waals surface area contributed by atoms with E-state index in [-0.39, 0.29) is 12.4 Å². The van der Waals surface area contributed by atoms with Crippen LogP contribution >= 0.6 is 0 Å². The fraction of sp³-hybridized carbons (Fsp3) is 0.714. The maximum Gasteiger partial charge on any atom is 0.311 e. The fourth-order valence-electron chi connectivity index (χ4n) is 0.804. The number of rotatable bonds is 3. The van der Waals surface area contributed by atoms with Crippen LogP contribution in [0.4, 0.5) is 0 Å². The number of hydrogen-bond acceptors (Lipinski definition) is 3. The highest BCUT2D eigenvalue weighted by Gasteiger charge is 2.27. The van der Waals surface area contributed by atoms with Crippen molar-refractivity contribution in [1.29, 1.82) is 5.41 Å². The molecule has 10 heavy (non-hydrogen) atoms. The normalized spacial score (nSPS) is 16.5. The Morgan fingerprint density at radius 3 is 2.70 bits per heavy atom. The molecule has 1 rings (SSSR count). The topological polar surface area (TPSA) is 50.2 Å². The van der Waals surface area contributed by atoms with Crippen LogP contribution in [0.15, 0.2) is 0 Å². The molecule has 0 heterocycles. The smallest absolute Gasteiger partial charge is 0.311 e. The van der Waals surface area contributed by atoms with E-state index in [0.717, 1.165) is 12.8 Å². The summed E-state index contributed by atoms with van der Waals surface area (Å²) in [6.45, 7) is 0. The predicted molar refractivity (Wildman–Crippen MR) is 37.1 cm³/mol. The average Bonchev–Trinajstić information content (AvgIpc) is 2.68. The van der Waals surface area contributed by atoms with E-state index >= 15 is 0 Å². The molecule has 0 aromatic heterocycles. The number of ether oxygens (including phenoxy) is 1. The molecule has 0 amide bonds. The molecule has 0 aromatic carbocycles. The van der Waals surface area contributed by atoms with Crippen LogP contribution in [0.2, 0.25) is 0 Å². The van der Waals surface area contributed by atoms with E-state index in [0.29, 0.717) is 11.6 Å². The van der Waals surface area contributed by atoms with Crippen molar-refractivity contribution in [3.8, 4) is 0 Å². The molecule has 3 heteroatoms. The molecule has 0 aliphatic heterocycles. The third kappa shape index (κ3) is 1.83. The van der Waals surface area contributed by atoms with Crippen LogP contribution in [-0.4, -0.2) is 18.8 Å². The highest BCUT2D eigenvalue weighted by molar-refractivity contribution is 5.99. The SMILES string of the molecule is COC(=O)CC(=N)C1CC1. The first-order valence-corrected chi connectivity index (χ1v) is 3.38. The van der Waals surface area contributed by atoms with E-state index in [9.17, 15) is 4.79 Å². The van der Waals surface area contributed by atoms with Crippen molar-refractivity contribution in [2.75, 3.05) is 7.11 Å². The van der Waals surface area contributed by atoms with Crippen molar-refractivity contribution in [3.63, 3.8) is 0 Å². The standard InChI is InChI=1S/C7H11NO2/c1-10-7(9)4-6(8)5-2-3-5/h5,8H,2-4H2,1H3. The molecular weight excluding hydrogens is 130 g/mol. The molecule has 1 fully saturated rings. The second-order valence-electron chi connectivity index (χ2n) is 2.55. The first-order valence-electron chi connectivity index (χ1n) is 3.38. The van der Waals surface area contributed by atoms with Crippen LogP contribution in [0.5, 0.6) is 0 Å². The maximum absolute atomic E-state index is 10.6. The first kappa shape index (κ1) is 7.25. The van der Waals surface area contributed by atoms with Crippen LogP contribution in [0.3, 0.4) is 0 Å². The number of carbonyl (C=O) groups excluding carboxylic acids is 1. The Morgan fingerprint density at radius 1 is 1.70 bits per heavy atom. The number of esters is 1. The van der Waals surface area contributed by atoms with Crippen LogP contribution in [-0.2, 0) is 9.53 Å². The molecular formula is C7H11NO2. The fourth-order valence-corrected chi connectivity index (χ4v) is 0.804. The molecule has 1 N–H and O–H groups in total. The monoisotopic (exact) mass is 141 g/mol. The van der Waals surface area contributed by atoms with Gasteiger partial charge in [-0.05, 0) is 18.8 Å². The molecule has 1 aliphatic rings. The third-order valence-electron chi connectivity index (χ3n) is 1.63. The summed E-state index contributed by atoms with van der Waals surface area (Å²) in [4.78, 5) is 10.6. The third-order valence-corrected chi connectivity index (χ3v) is 1.63. The quantitative estimate of drug-likeness (QED) is 0.470. The van der Waals surface area contributed by atoms with E-state index in [1.165, 1.54) is 7.11 Å². The van der Waals surface area contributed by atoms with Gasteiger partial charge in [-0.2, -0.15) is 0 Å². The second kappa shape index (κ2) is 2.82. The summed E-state index contributed by atoms with van der Waals surface area (Å²) < 4.78 is 4.42. The minimum atomic E-state index is -0.295. The number of methoxy groups -OCH3 is 1. The Kier molecular flexibility index (Phi) is 2.04. The molecule has 3 nitrogen and oxygen atoms in total. The van der Waals surface area contributed by atoms with Gasteiger partial charge >= 0.3 is 5.97 Å². The summed E-state index contributed by atoms with van der Waals surface area (Å²) >= 11 is 0. The average molecular weight is 141 g/mol. The summed E-state index contributed by atoms with van der Waals surface area (Å²) in [7, 11) is 1.35. The summed E-state index contributed by atoms with van der Waals surface area (Å²) in [5, 5.41) is 7.34. The van der Waals surface area contributed by atoms with Crippen LogP contribution in [0, 0.1) is 11.3 Å². The Hall–Kier alpha value is -0.860. The number of carbonyl (C=O) groups is 1. The molecule has 0 unspecified atom stereocenters. The van der Waals surface area contributed by atoms with Crippen LogP contribution in [0.25, 0.3) is 0 Å². The zero-order valence-electron chi connectivity index (χ0n) is 6.02. The van der Waals surface area contributed by atoms with Crippen molar-refractivity contribution in [2.45, 2.75) is 19.3 Å². The van der Waals surface area contributed by atoms with E-state index in [4.69, 9.17) is 5.41 Å². The van der Waals surface area contributed by atoms with E-state index in [1.807, 2.05) is 0 Å². The molecule has 0 aromatic rings. The molecule has 56 valence electrons. The summed E-state index contributed by atoms with van der Waals surface area (Å²) in [5.74, 6) is 0.0935. The molecule has 0 spiro atoms. The van der Waals surface area contributed by atoms with Crippen molar-refractivity contribution in [3.05, 3.63) is 0 Å². The second-order valence-corrected chi connectivity index (χ2v) is 2.55. The Labute approximate surface area is 59.9 Å².